The lowest BCUT2D eigenvalue weighted by Crippen LogP contribution is -2.30. The minimum atomic E-state index is -1.02. The zero-order chi connectivity index (χ0) is 15.8. The van der Waals surface area contributed by atoms with Gasteiger partial charge in [0, 0.05) is 18.7 Å². The number of carbonyl (C=O) groups excluding carboxylic acids is 1. The number of aliphatic carboxylic acids is 1. The van der Waals surface area contributed by atoms with Gasteiger partial charge in [-0.05, 0) is 6.07 Å². The summed E-state index contributed by atoms with van der Waals surface area (Å²) < 4.78 is 10.00. The van der Waals surface area contributed by atoms with E-state index >= 15 is 0 Å². The van der Waals surface area contributed by atoms with Gasteiger partial charge in [-0.1, -0.05) is 0 Å². The van der Waals surface area contributed by atoms with E-state index in [4.69, 9.17) is 14.6 Å². The van der Waals surface area contributed by atoms with Gasteiger partial charge in [-0.2, -0.15) is 0 Å². The van der Waals surface area contributed by atoms with Crippen molar-refractivity contribution in [2.45, 2.75) is 6.42 Å². The number of nitro groups is 1. The summed E-state index contributed by atoms with van der Waals surface area (Å²) >= 11 is 0. The van der Waals surface area contributed by atoms with E-state index in [1.54, 1.807) is 0 Å². The maximum absolute atomic E-state index is 11.4. The lowest BCUT2D eigenvalue weighted by atomic mass is 10.3. The Labute approximate surface area is 119 Å². The number of hydrogen-bond acceptors (Lipinski definition) is 6. The van der Waals surface area contributed by atoms with Crippen molar-refractivity contribution in [1.29, 1.82) is 0 Å². The summed E-state index contributed by atoms with van der Waals surface area (Å²) in [6.45, 7) is -0.332. The van der Waals surface area contributed by atoms with E-state index in [-0.39, 0.29) is 36.8 Å². The van der Waals surface area contributed by atoms with Gasteiger partial charge in [0.1, 0.15) is 5.75 Å². The van der Waals surface area contributed by atoms with Gasteiger partial charge < -0.3 is 19.9 Å². The van der Waals surface area contributed by atoms with Gasteiger partial charge in [0.2, 0.25) is 5.75 Å². The number of ether oxygens (including phenoxy) is 2. The van der Waals surface area contributed by atoms with E-state index in [0.717, 1.165) is 0 Å². The smallest absolute Gasteiger partial charge is 0.311 e. The first kappa shape index (κ1) is 16.2. The molecule has 0 heterocycles. The van der Waals surface area contributed by atoms with Crippen LogP contribution in [0.4, 0.5) is 5.69 Å². The first-order valence-corrected chi connectivity index (χ1v) is 5.87. The molecule has 9 heteroatoms. The van der Waals surface area contributed by atoms with Gasteiger partial charge in [0.05, 0.1) is 18.5 Å². The molecule has 0 aliphatic carbocycles. The second-order valence-electron chi connectivity index (χ2n) is 3.87. The highest BCUT2D eigenvalue weighted by Crippen LogP contribution is 2.30. The number of carboxylic acids is 1. The average Bonchev–Trinajstić information content (AvgIpc) is 2.44. The summed E-state index contributed by atoms with van der Waals surface area (Å²) in [5.74, 6) is -1.26. The highest BCUT2D eigenvalue weighted by molar-refractivity contribution is 5.78. The van der Waals surface area contributed by atoms with Crippen LogP contribution in [0, 0.1) is 10.1 Å². The molecular weight excluding hydrogens is 284 g/mol. The van der Waals surface area contributed by atoms with E-state index in [2.05, 4.69) is 5.32 Å². The Morgan fingerprint density at radius 3 is 2.71 bits per heavy atom. The zero-order valence-corrected chi connectivity index (χ0v) is 11.2. The lowest BCUT2D eigenvalue weighted by Gasteiger charge is -2.08. The Morgan fingerprint density at radius 1 is 1.43 bits per heavy atom. The van der Waals surface area contributed by atoms with Gasteiger partial charge >= 0.3 is 11.7 Å². The SMILES string of the molecule is COc1cc(OCC(=O)NCCC(=O)O)ccc1[N+](=O)[O-]. The third kappa shape index (κ3) is 5.35. The molecule has 0 unspecified atom stereocenters. The molecule has 0 aromatic heterocycles. The summed E-state index contributed by atoms with van der Waals surface area (Å²) in [6.07, 6.45) is -0.183. The van der Waals surface area contributed by atoms with Crippen molar-refractivity contribution in [1.82, 2.24) is 5.32 Å². The number of carboxylic acid groups (broad SMARTS) is 1. The van der Waals surface area contributed by atoms with Crippen LogP contribution in [-0.4, -0.2) is 42.2 Å². The van der Waals surface area contributed by atoms with Gasteiger partial charge in [-0.15, -0.1) is 0 Å². The summed E-state index contributed by atoms with van der Waals surface area (Å²) in [5, 5.41) is 21.5. The predicted octanol–water partition coefficient (Wildman–Crippen LogP) is 0.573. The van der Waals surface area contributed by atoms with Gasteiger partial charge in [-0.25, -0.2) is 0 Å². The van der Waals surface area contributed by atoms with Crippen LogP contribution < -0.4 is 14.8 Å². The molecule has 0 radical (unpaired) electrons. The second-order valence-corrected chi connectivity index (χ2v) is 3.87. The van der Waals surface area contributed by atoms with Crippen LogP contribution in [0.1, 0.15) is 6.42 Å². The Bertz CT molecular complexity index is 544. The minimum absolute atomic E-state index is 0.00110. The zero-order valence-electron chi connectivity index (χ0n) is 11.2. The predicted molar refractivity (Wildman–Crippen MR) is 70.4 cm³/mol. The molecule has 0 spiro atoms. The average molecular weight is 298 g/mol. The monoisotopic (exact) mass is 298 g/mol. The van der Waals surface area contributed by atoms with Crippen LogP contribution in [0.25, 0.3) is 0 Å². The maximum atomic E-state index is 11.4. The molecule has 114 valence electrons. The van der Waals surface area contributed by atoms with Crippen molar-refractivity contribution in [3.05, 3.63) is 28.3 Å². The summed E-state index contributed by atoms with van der Waals surface area (Å²) in [7, 11) is 1.28. The summed E-state index contributed by atoms with van der Waals surface area (Å²) in [6, 6.07) is 3.84. The van der Waals surface area contributed by atoms with Crippen LogP contribution in [-0.2, 0) is 9.59 Å². The normalized spacial score (nSPS) is 9.76. The maximum Gasteiger partial charge on any atom is 0.311 e. The molecule has 0 bridgehead atoms. The van der Waals surface area contributed by atoms with E-state index < -0.39 is 16.8 Å². The first-order chi connectivity index (χ1) is 9.93. The molecule has 0 fully saturated rings. The number of nitrogens with zero attached hydrogens (tertiary/aromatic N) is 1. The van der Waals surface area contributed by atoms with Gasteiger partial charge in [0.15, 0.2) is 6.61 Å². The third-order valence-corrected chi connectivity index (χ3v) is 2.38. The molecule has 21 heavy (non-hydrogen) atoms. The Hall–Kier alpha value is -2.84. The third-order valence-electron chi connectivity index (χ3n) is 2.38. The molecule has 0 aliphatic heterocycles. The van der Waals surface area contributed by atoms with Crippen LogP contribution in [0.15, 0.2) is 18.2 Å². The summed E-state index contributed by atoms with van der Waals surface area (Å²) in [5.41, 5.74) is -0.212. The largest absolute Gasteiger partial charge is 0.490 e. The number of hydrogen-bond donors (Lipinski definition) is 2. The highest BCUT2D eigenvalue weighted by atomic mass is 16.6. The Morgan fingerprint density at radius 2 is 2.14 bits per heavy atom. The van der Waals surface area contributed by atoms with Gasteiger partial charge in [0.25, 0.3) is 5.91 Å². The number of methoxy groups -OCH3 is 1. The molecule has 0 atom stereocenters. The van der Waals surface area contributed by atoms with E-state index in [9.17, 15) is 19.7 Å². The molecule has 0 saturated carbocycles. The van der Waals surface area contributed by atoms with Gasteiger partial charge in [-0.3, -0.25) is 19.7 Å². The van der Waals surface area contributed by atoms with Crippen molar-refractivity contribution < 1.29 is 29.1 Å². The van der Waals surface area contributed by atoms with Crippen molar-refractivity contribution in [3.8, 4) is 11.5 Å². The number of nitro benzene ring substituents is 1. The van der Waals surface area contributed by atoms with Crippen molar-refractivity contribution >= 4 is 17.6 Å². The van der Waals surface area contributed by atoms with Crippen molar-refractivity contribution in [2.24, 2.45) is 0 Å². The van der Waals surface area contributed by atoms with Crippen LogP contribution in [0.5, 0.6) is 11.5 Å². The van der Waals surface area contributed by atoms with Crippen molar-refractivity contribution in [3.63, 3.8) is 0 Å². The molecule has 1 aromatic rings. The first-order valence-electron chi connectivity index (χ1n) is 5.87. The fraction of sp³-hybridized carbons (Fsp3) is 0.333. The highest BCUT2D eigenvalue weighted by Gasteiger charge is 2.15. The molecule has 1 aromatic carbocycles. The number of benzene rings is 1. The molecule has 0 saturated heterocycles. The Kier molecular flexibility index (Phi) is 5.93. The lowest BCUT2D eigenvalue weighted by molar-refractivity contribution is -0.385. The quantitative estimate of drug-likeness (QED) is 0.530. The van der Waals surface area contributed by atoms with E-state index in [1.807, 2.05) is 0 Å². The number of nitrogens with one attached hydrogen (secondary N) is 1. The van der Waals surface area contributed by atoms with E-state index in [1.165, 1.54) is 25.3 Å². The minimum Gasteiger partial charge on any atom is -0.490 e. The number of rotatable bonds is 8. The second kappa shape index (κ2) is 7.68. The number of amides is 1. The molecule has 9 nitrogen and oxygen atoms in total. The topological polar surface area (TPSA) is 128 Å². The number of carbonyl (C=O) groups is 2. The molecule has 2 N–H and O–H groups in total. The molecule has 1 amide bonds. The molecule has 0 aliphatic rings. The summed E-state index contributed by atoms with van der Waals surface area (Å²) in [4.78, 5) is 31.7. The fourth-order valence-electron chi connectivity index (χ4n) is 1.41. The van der Waals surface area contributed by atoms with Crippen LogP contribution in [0.2, 0.25) is 0 Å². The van der Waals surface area contributed by atoms with Crippen molar-refractivity contribution in [2.75, 3.05) is 20.3 Å². The standard InChI is InChI=1S/C12H14N2O7/c1-20-10-6-8(2-3-9(10)14(18)19)21-7-11(15)13-5-4-12(16)17/h2-3,6H,4-5,7H2,1H3,(H,13,15)(H,16,17). The van der Waals surface area contributed by atoms with Crippen LogP contribution in [0.3, 0.4) is 0 Å². The molecule has 1 rings (SSSR count). The van der Waals surface area contributed by atoms with Crippen LogP contribution >= 0.6 is 0 Å². The fourth-order valence-corrected chi connectivity index (χ4v) is 1.41. The Balaban J connectivity index is 2.54. The molecular formula is C12H14N2O7. The van der Waals surface area contributed by atoms with E-state index in [0.29, 0.717) is 0 Å².